The topological polar surface area (TPSA) is 67.1 Å². The van der Waals surface area contributed by atoms with E-state index in [0.29, 0.717) is 17.3 Å². The monoisotopic (exact) mass is 257 g/mol. The van der Waals surface area contributed by atoms with E-state index in [1.165, 1.54) is 11.9 Å². The zero-order valence-corrected chi connectivity index (χ0v) is 11.7. The van der Waals surface area contributed by atoms with Crippen molar-refractivity contribution in [3.63, 3.8) is 0 Å². The van der Waals surface area contributed by atoms with Crippen molar-refractivity contribution in [2.75, 3.05) is 30.0 Å². The van der Waals surface area contributed by atoms with Crippen LogP contribution in [0, 0.1) is 13.8 Å². The van der Waals surface area contributed by atoms with Crippen LogP contribution in [-0.4, -0.2) is 24.1 Å². The molecule has 0 aliphatic heterocycles. The Balaban J connectivity index is 2.36. The van der Waals surface area contributed by atoms with E-state index in [2.05, 4.69) is 41.3 Å². The molecule has 19 heavy (non-hydrogen) atoms. The van der Waals surface area contributed by atoms with Crippen LogP contribution in [0.1, 0.15) is 11.1 Å². The third-order valence-electron chi connectivity index (χ3n) is 2.92. The van der Waals surface area contributed by atoms with Gasteiger partial charge < -0.3 is 16.0 Å². The van der Waals surface area contributed by atoms with Gasteiger partial charge in [-0.05, 0) is 25.5 Å². The molecule has 100 valence electrons. The fourth-order valence-electron chi connectivity index (χ4n) is 1.92. The number of rotatable bonds is 3. The maximum atomic E-state index is 6.08. The van der Waals surface area contributed by atoms with E-state index in [1.54, 1.807) is 0 Å². The van der Waals surface area contributed by atoms with Crippen LogP contribution in [0.3, 0.4) is 0 Å². The summed E-state index contributed by atoms with van der Waals surface area (Å²) < 4.78 is 0. The maximum Gasteiger partial charge on any atom is 0.159 e. The highest BCUT2D eigenvalue weighted by Crippen LogP contribution is 2.28. The zero-order chi connectivity index (χ0) is 14.0. The average Bonchev–Trinajstić information content (AvgIpc) is 2.34. The van der Waals surface area contributed by atoms with Gasteiger partial charge in [-0.3, -0.25) is 0 Å². The molecular weight excluding hydrogens is 238 g/mol. The van der Waals surface area contributed by atoms with Gasteiger partial charge in [0.25, 0.3) is 0 Å². The summed E-state index contributed by atoms with van der Waals surface area (Å²) in [5, 5.41) is 3.26. The van der Waals surface area contributed by atoms with Gasteiger partial charge in [0.1, 0.15) is 12.0 Å². The lowest BCUT2D eigenvalue weighted by atomic mass is 10.1. The second kappa shape index (κ2) is 5.14. The zero-order valence-electron chi connectivity index (χ0n) is 11.7. The largest absolute Gasteiger partial charge is 0.393 e. The number of hydrogen-bond donors (Lipinski definition) is 2. The summed E-state index contributed by atoms with van der Waals surface area (Å²) in [7, 11) is 3.80. The van der Waals surface area contributed by atoms with Crippen molar-refractivity contribution in [3.05, 3.63) is 35.7 Å². The molecule has 0 unspecified atom stereocenters. The van der Waals surface area contributed by atoms with Gasteiger partial charge in [-0.25, -0.2) is 9.97 Å². The highest BCUT2D eigenvalue weighted by Gasteiger charge is 2.10. The summed E-state index contributed by atoms with van der Waals surface area (Å²) in [5.41, 5.74) is 10.0. The molecule has 1 aromatic heterocycles. The summed E-state index contributed by atoms with van der Waals surface area (Å²) >= 11 is 0. The third-order valence-corrected chi connectivity index (χ3v) is 2.92. The van der Waals surface area contributed by atoms with E-state index >= 15 is 0 Å². The molecule has 0 bridgehead atoms. The lowest BCUT2D eigenvalue weighted by Gasteiger charge is -2.17. The lowest BCUT2D eigenvalue weighted by molar-refractivity contribution is 1.04. The van der Waals surface area contributed by atoms with Gasteiger partial charge in [0.15, 0.2) is 11.6 Å². The Hall–Kier alpha value is -2.30. The maximum absolute atomic E-state index is 6.08. The molecule has 0 aliphatic carbocycles. The normalized spacial score (nSPS) is 10.3. The van der Waals surface area contributed by atoms with Crippen LogP contribution in [0.25, 0.3) is 0 Å². The molecule has 1 heterocycles. The Morgan fingerprint density at radius 3 is 2.53 bits per heavy atom. The first-order valence-corrected chi connectivity index (χ1v) is 6.11. The number of hydrogen-bond acceptors (Lipinski definition) is 5. The van der Waals surface area contributed by atoms with Gasteiger partial charge in [-0.2, -0.15) is 0 Å². The summed E-state index contributed by atoms with van der Waals surface area (Å²) in [6.45, 7) is 4.12. The first-order valence-electron chi connectivity index (χ1n) is 6.11. The van der Waals surface area contributed by atoms with Crippen LogP contribution in [0.15, 0.2) is 24.5 Å². The van der Waals surface area contributed by atoms with Gasteiger partial charge in [0.2, 0.25) is 0 Å². The smallest absolute Gasteiger partial charge is 0.159 e. The van der Waals surface area contributed by atoms with E-state index in [9.17, 15) is 0 Å². The van der Waals surface area contributed by atoms with Crippen LogP contribution < -0.4 is 16.0 Å². The molecule has 3 N–H and O–H groups in total. The molecule has 0 radical (unpaired) electrons. The van der Waals surface area contributed by atoms with E-state index in [-0.39, 0.29) is 0 Å². The standard InChI is InChI=1S/C14H19N5/c1-9-5-6-11(10(2)7-9)18-13-12(15)14(19(3)4)17-8-16-13/h5-8H,15H2,1-4H3,(H,16,17,18). The van der Waals surface area contributed by atoms with Crippen LogP contribution >= 0.6 is 0 Å². The average molecular weight is 257 g/mol. The number of nitrogen functional groups attached to an aromatic ring is 1. The van der Waals surface area contributed by atoms with Gasteiger partial charge in [0, 0.05) is 19.8 Å². The molecule has 2 aromatic rings. The van der Waals surface area contributed by atoms with Gasteiger partial charge in [-0.15, -0.1) is 0 Å². The molecule has 0 fully saturated rings. The molecule has 5 heteroatoms. The number of nitrogens with one attached hydrogen (secondary N) is 1. The number of nitrogens with two attached hydrogens (primary N) is 1. The first kappa shape index (κ1) is 13.1. The van der Waals surface area contributed by atoms with E-state index in [4.69, 9.17) is 5.73 Å². The minimum absolute atomic E-state index is 0.549. The molecule has 0 atom stereocenters. The molecule has 0 saturated carbocycles. The van der Waals surface area contributed by atoms with Crippen LogP contribution in [0.2, 0.25) is 0 Å². The van der Waals surface area contributed by atoms with Crippen molar-refractivity contribution in [2.45, 2.75) is 13.8 Å². The van der Waals surface area contributed by atoms with Gasteiger partial charge >= 0.3 is 0 Å². The Kier molecular flexibility index (Phi) is 3.55. The molecule has 2 rings (SSSR count). The van der Waals surface area contributed by atoms with Crippen molar-refractivity contribution in [1.82, 2.24) is 9.97 Å². The molecule has 5 nitrogen and oxygen atoms in total. The van der Waals surface area contributed by atoms with E-state index in [1.807, 2.05) is 25.1 Å². The summed E-state index contributed by atoms with van der Waals surface area (Å²) in [5.74, 6) is 1.34. The number of aromatic nitrogens is 2. The van der Waals surface area contributed by atoms with Crippen molar-refractivity contribution in [1.29, 1.82) is 0 Å². The number of benzene rings is 1. The summed E-state index contributed by atoms with van der Waals surface area (Å²) in [6.07, 6.45) is 1.51. The van der Waals surface area contributed by atoms with Crippen molar-refractivity contribution in [2.24, 2.45) is 0 Å². The van der Waals surface area contributed by atoms with Crippen molar-refractivity contribution < 1.29 is 0 Å². The fraction of sp³-hybridized carbons (Fsp3) is 0.286. The lowest BCUT2D eigenvalue weighted by Crippen LogP contribution is -2.14. The molecular formula is C14H19N5. The number of anilines is 4. The summed E-state index contributed by atoms with van der Waals surface area (Å²) in [6, 6.07) is 6.20. The van der Waals surface area contributed by atoms with E-state index < -0.39 is 0 Å². The molecule has 0 spiro atoms. The number of nitrogens with zero attached hydrogens (tertiary/aromatic N) is 3. The first-order chi connectivity index (χ1) is 8.99. The molecule has 0 saturated heterocycles. The predicted molar refractivity (Wildman–Crippen MR) is 80.0 cm³/mol. The third kappa shape index (κ3) is 2.76. The van der Waals surface area contributed by atoms with Crippen LogP contribution in [0.5, 0.6) is 0 Å². The van der Waals surface area contributed by atoms with Crippen molar-refractivity contribution in [3.8, 4) is 0 Å². The number of aryl methyl sites for hydroxylation is 2. The SMILES string of the molecule is Cc1ccc(Nc2ncnc(N(C)C)c2N)c(C)c1. The second-order valence-electron chi connectivity index (χ2n) is 4.80. The fourth-order valence-corrected chi connectivity index (χ4v) is 1.92. The second-order valence-corrected chi connectivity index (χ2v) is 4.80. The van der Waals surface area contributed by atoms with Crippen LogP contribution in [0.4, 0.5) is 23.0 Å². The predicted octanol–water partition coefficient (Wildman–Crippen LogP) is 2.49. The molecule has 0 amide bonds. The van der Waals surface area contributed by atoms with Gasteiger partial charge in [-0.1, -0.05) is 17.7 Å². The van der Waals surface area contributed by atoms with Crippen molar-refractivity contribution >= 4 is 23.0 Å². The minimum atomic E-state index is 0.549. The Morgan fingerprint density at radius 1 is 1.16 bits per heavy atom. The molecule has 0 aliphatic rings. The molecule has 1 aromatic carbocycles. The Morgan fingerprint density at radius 2 is 1.89 bits per heavy atom. The highest BCUT2D eigenvalue weighted by atomic mass is 15.2. The Labute approximate surface area is 113 Å². The van der Waals surface area contributed by atoms with E-state index in [0.717, 1.165) is 11.3 Å². The Bertz CT molecular complexity index is 592. The highest BCUT2D eigenvalue weighted by molar-refractivity contribution is 5.78. The summed E-state index contributed by atoms with van der Waals surface area (Å²) in [4.78, 5) is 10.2. The minimum Gasteiger partial charge on any atom is -0.393 e. The van der Waals surface area contributed by atoms with Crippen LogP contribution in [-0.2, 0) is 0 Å². The quantitative estimate of drug-likeness (QED) is 0.884. The van der Waals surface area contributed by atoms with Gasteiger partial charge in [0.05, 0.1) is 0 Å².